The van der Waals surface area contributed by atoms with E-state index in [2.05, 4.69) is 18.0 Å². The van der Waals surface area contributed by atoms with Crippen molar-refractivity contribution in [3.8, 4) is 0 Å². The van der Waals surface area contributed by atoms with E-state index in [0.29, 0.717) is 6.54 Å². The van der Waals surface area contributed by atoms with Crippen molar-refractivity contribution in [1.29, 1.82) is 0 Å². The summed E-state index contributed by atoms with van der Waals surface area (Å²) in [5.74, 6) is 0. The predicted molar refractivity (Wildman–Crippen MR) is 53.7 cm³/mol. The van der Waals surface area contributed by atoms with Gasteiger partial charge in [0.15, 0.2) is 0 Å². The third-order valence-corrected chi connectivity index (χ3v) is 1.30. The molecule has 0 aromatic heterocycles. The third kappa shape index (κ3) is 7.48. The molecule has 1 N–H and O–H groups in total. The van der Waals surface area contributed by atoms with E-state index in [1.807, 2.05) is 13.1 Å². The predicted octanol–water partition coefficient (Wildman–Crippen LogP) is 2.18. The van der Waals surface area contributed by atoms with Crippen molar-refractivity contribution < 1.29 is 5.11 Å². The molecule has 0 rings (SSSR count). The highest BCUT2D eigenvalue weighted by molar-refractivity contribution is 5.77. The van der Waals surface area contributed by atoms with Gasteiger partial charge in [-0.2, -0.15) is 0 Å². The fraction of sp³-hybridized carbons (Fsp3) is 0.700. The fourth-order valence-electron chi connectivity index (χ4n) is 0.788. The van der Waals surface area contributed by atoms with Gasteiger partial charge in [0.2, 0.25) is 0 Å². The van der Waals surface area contributed by atoms with Crippen LogP contribution in [0.3, 0.4) is 0 Å². The zero-order valence-corrected chi connectivity index (χ0v) is 8.46. The Balaban J connectivity index is 3.85. The summed E-state index contributed by atoms with van der Waals surface area (Å²) >= 11 is 0. The fourth-order valence-corrected chi connectivity index (χ4v) is 0.788. The van der Waals surface area contributed by atoms with E-state index in [1.54, 1.807) is 13.8 Å². The molecule has 2 heteroatoms. The maximum absolute atomic E-state index is 9.33. The van der Waals surface area contributed by atoms with Crippen LogP contribution < -0.4 is 0 Å². The van der Waals surface area contributed by atoms with Gasteiger partial charge in [0.25, 0.3) is 0 Å². The number of nitrogens with zero attached hydrogens (tertiary/aromatic N) is 1. The van der Waals surface area contributed by atoms with Crippen LogP contribution in [-0.4, -0.2) is 23.5 Å². The minimum absolute atomic E-state index is 0.460. The molecule has 0 atom stereocenters. The van der Waals surface area contributed by atoms with Crippen molar-refractivity contribution in [2.45, 2.75) is 39.7 Å². The van der Waals surface area contributed by atoms with Crippen LogP contribution in [0.4, 0.5) is 0 Å². The first kappa shape index (κ1) is 11.4. The number of aliphatic imine (C=N–C) groups is 1. The van der Waals surface area contributed by atoms with Crippen LogP contribution in [0.15, 0.2) is 16.6 Å². The van der Waals surface area contributed by atoms with Gasteiger partial charge in [-0.1, -0.05) is 13.0 Å². The topological polar surface area (TPSA) is 32.6 Å². The van der Waals surface area contributed by atoms with Crippen LogP contribution in [0.5, 0.6) is 0 Å². The summed E-state index contributed by atoms with van der Waals surface area (Å²) in [5.41, 5.74) is 0.463. The molecule has 0 aliphatic rings. The summed E-state index contributed by atoms with van der Waals surface area (Å²) in [6, 6.07) is 0. The zero-order chi connectivity index (χ0) is 9.61. The Morgan fingerprint density at radius 1 is 1.50 bits per heavy atom. The molecular formula is C10H19NO. The molecule has 0 aliphatic carbocycles. The Hall–Kier alpha value is -0.630. The van der Waals surface area contributed by atoms with E-state index < -0.39 is 5.60 Å². The smallest absolute Gasteiger partial charge is 0.0786 e. The number of hydrogen-bond donors (Lipinski definition) is 1. The maximum Gasteiger partial charge on any atom is 0.0786 e. The summed E-state index contributed by atoms with van der Waals surface area (Å²) in [7, 11) is 0. The first-order valence-electron chi connectivity index (χ1n) is 4.34. The average molecular weight is 169 g/mol. The van der Waals surface area contributed by atoms with Crippen molar-refractivity contribution in [2.75, 3.05) is 6.54 Å². The average Bonchev–Trinajstić information content (AvgIpc) is 1.84. The number of allylic oxidation sites excluding steroid dienone is 2. The van der Waals surface area contributed by atoms with Crippen LogP contribution in [0.25, 0.3) is 0 Å². The monoisotopic (exact) mass is 169 g/mol. The molecule has 70 valence electrons. The van der Waals surface area contributed by atoms with E-state index in [1.165, 1.54) is 0 Å². The lowest BCUT2D eigenvalue weighted by atomic mass is 10.1. The lowest BCUT2D eigenvalue weighted by Gasteiger charge is -2.12. The first-order chi connectivity index (χ1) is 5.45. The van der Waals surface area contributed by atoms with Crippen LogP contribution in [0.1, 0.15) is 34.1 Å². The number of rotatable bonds is 4. The summed E-state index contributed by atoms with van der Waals surface area (Å²) in [5, 5.41) is 9.33. The van der Waals surface area contributed by atoms with Gasteiger partial charge in [-0.05, 0) is 32.8 Å². The van der Waals surface area contributed by atoms with Crippen molar-refractivity contribution in [3.63, 3.8) is 0 Å². The van der Waals surface area contributed by atoms with Gasteiger partial charge in [-0.3, -0.25) is 4.99 Å². The summed E-state index contributed by atoms with van der Waals surface area (Å²) in [6.45, 7) is 8.07. The SMILES string of the molecule is CCC=C(C)C=NCC(C)(C)O. The molecule has 0 aromatic rings. The largest absolute Gasteiger partial charge is 0.389 e. The summed E-state index contributed by atoms with van der Waals surface area (Å²) < 4.78 is 0. The normalized spacial score (nSPS) is 14.2. The Morgan fingerprint density at radius 3 is 2.50 bits per heavy atom. The second-order valence-electron chi connectivity index (χ2n) is 3.64. The molecule has 0 amide bonds. The van der Waals surface area contributed by atoms with Crippen molar-refractivity contribution in [3.05, 3.63) is 11.6 Å². The maximum atomic E-state index is 9.33. The number of aliphatic hydroxyl groups is 1. The van der Waals surface area contributed by atoms with E-state index >= 15 is 0 Å². The summed E-state index contributed by atoms with van der Waals surface area (Å²) in [6.07, 6.45) is 4.94. The molecule has 0 saturated carbocycles. The first-order valence-corrected chi connectivity index (χ1v) is 4.34. The molecule has 2 nitrogen and oxygen atoms in total. The Bertz CT molecular complexity index is 175. The Kier molecular flexibility index (Phi) is 4.83. The van der Waals surface area contributed by atoms with Gasteiger partial charge in [0.1, 0.15) is 0 Å². The van der Waals surface area contributed by atoms with E-state index in [4.69, 9.17) is 0 Å². The molecule has 0 bridgehead atoms. The second-order valence-corrected chi connectivity index (χ2v) is 3.64. The van der Waals surface area contributed by atoms with Crippen molar-refractivity contribution in [1.82, 2.24) is 0 Å². The molecule has 0 spiro atoms. The van der Waals surface area contributed by atoms with Gasteiger partial charge >= 0.3 is 0 Å². The second kappa shape index (κ2) is 5.09. The van der Waals surface area contributed by atoms with Crippen molar-refractivity contribution >= 4 is 6.21 Å². The summed E-state index contributed by atoms with van der Waals surface area (Å²) in [4.78, 5) is 4.12. The molecule has 12 heavy (non-hydrogen) atoms. The molecule has 0 aromatic carbocycles. The molecule has 0 fully saturated rings. The minimum atomic E-state index is -0.691. The highest BCUT2D eigenvalue weighted by Gasteiger charge is 2.09. The third-order valence-electron chi connectivity index (χ3n) is 1.30. The lowest BCUT2D eigenvalue weighted by Crippen LogP contribution is -2.22. The highest BCUT2D eigenvalue weighted by atomic mass is 16.3. The zero-order valence-electron chi connectivity index (χ0n) is 8.46. The van der Waals surface area contributed by atoms with Gasteiger partial charge in [0, 0.05) is 6.21 Å². The van der Waals surface area contributed by atoms with Crippen LogP contribution in [-0.2, 0) is 0 Å². The van der Waals surface area contributed by atoms with E-state index in [-0.39, 0.29) is 0 Å². The minimum Gasteiger partial charge on any atom is -0.389 e. The van der Waals surface area contributed by atoms with Crippen molar-refractivity contribution in [2.24, 2.45) is 4.99 Å². The molecule has 0 aliphatic heterocycles. The quantitative estimate of drug-likeness (QED) is 0.643. The van der Waals surface area contributed by atoms with E-state index in [9.17, 15) is 5.11 Å². The molecule has 0 saturated heterocycles. The molecule has 0 heterocycles. The highest BCUT2D eigenvalue weighted by Crippen LogP contribution is 2.00. The van der Waals surface area contributed by atoms with Gasteiger partial charge < -0.3 is 5.11 Å². The lowest BCUT2D eigenvalue weighted by molar-refractivity contribution is 0.0906. The molecule has 0 radical (unpaired) electrons. The van der Waals surface area contributed by atoms with Gasteiger partial charge in [-0.25, -0.2) is 0 Å². The van der Waals surface area contributed by atoms with Gasteiger partial charge in [0.05, 0.1) is 12.1 Å². The van der Waals surface area contributed by atoms with Gasteiger partial charge in [-0.15, -0.1) is 0 Å². The number of hydrogen-bond acceptors (Lipinski definition) is 2. The van der Waals surface area contributed by atoms with Crippen LogP contribution in [0.2, 0.25) is 0 Å². The molecular weight excluding hydrogens is 150 g/mol. The van der Waals surface area contributed by atoms with Crippen LogP contribution in [0, 0.1) is 0 Å². The Morgan fingerprint density at radius 2 is 2.08 bits per heavy atom. The Labute approximate surface area is 75.0 Å². The van der Waals surface area contributed by atoms with E-state index in [0.717, 1.165) is 12.0 Å². The van der Waals surface area contributed by atoms with Crippen LogP contribution >= 0.6 is 0 Å². The standard InChI is InChI=1S/C10H19NO/c1-5-6-9(2)7-11-8-10(3,4)12/h6-7,12H,5,8H2,1-4H3. The molecule has 0 unspecified atom stereocenters.